The van der Waals surface area contributed by atoms with Crippen molar-refractivity contribution in [1.82, 2.24) is 9.80 Å². The fourth-order valence-corrected chi connectivity index (χ4v) is 3.14. The number of amides is 1. The molecule has 1 saturated heterocycles. The van der Waals surface area contributed by atoms with Crippen molar-refractivity contribution in [3.05, 3.63) is 0 Å². The minimum absolute atomic E-state index is 0.0137. The van der Waals surface area contributed by atoms with Crippen LogP contribution in [-0.4, -0.2) is 54.0 Å². The van der Waals surface area contributed by atoms with E-state index in [1.165, 1.54) is 6.42 Å². The summed E-state index contributed by atoms with van der Waals surface area (Å²) >= 11 is 0. The van der Waals surface area contributed by atoms with Crippen LogP contribution in [0.2, 0.25) is 0 Å². The molecule has 1 fully saturated rings. The monoisotopic (exact) mass is 269 g/mol. The van der Waals surface area contributed by atoms with Crippen LogP contribution < -0.4 is 5.73 Å². The van der Waals surface area contributed by atoms with Gasteiger partial charge in [-0.05, 0) is 38.6 Å². The van der Waals surface area contributed by atoms with E-state index in [1.807, 2.05) is 4.90 Å². The van der Waals surface area contributed by atoms with E-state index in [2.05, 4.69) is 25.7 Å². The first-order chi connectivity index (χ1) is 9.13. The van der Waals surface area contributed by atoms with E-state index >= 15 is 0 Å². The summed E-state index contributed by atoms with van der Waals surface area (Å²) in [5.74, 6) is 0.279. The highest BCUT2D eigenvalue weighted by molar-refractivity contribution is 5.78. The molecule has 1 amide bonds. The van der Waals surface area contributed by atoms with E-state index < -0.39 is 0 Å². The first kappa shape index (κ1) is 16.4. The molecule has 0 atom stereocenters. The zero-order valence-electron chi connectivity index (χ0n) is 13.0. The number of rotatable bonds is 7. The van der Waals surface area contributed by atoms with Crippen LogP contribution in [0.4, 0.5) is 0 Å². The van der Waals surface area contributed by atoms with E-state index in [0.717, 1.165) is 45.3 Å². The van der Waals surface area contributed by atoms with Gasteiger partial charge in [0, 0.05) is 25.2 Å². The van der Waals surface area contributed by atoms with E-state index in [-0.39, 0.29) is 11.4 Å². The van der Waals surface area contributed by atoms with Gasteiger partial charge in [-0.15, -0.1) is 0 Å². The molecule has 0 spiro atoms. The van der Waals surface area contributed by atoms with Crippen LogP contribution in [0.3, 0.4) is 0 Å². The Morgan fingerprint density at radius 3 is 2.16 bits per heavy atom. The van der Waals surface area contributed by atoms with Gasteiger partial charge in [-0.25, -0.2) is 0 Å². The summed E-state index contributed by atoms with van der Waals surface area (Å²) in [5.41, 5.74) is 5.98. The molecule has 1 heterocycles. The zero-order valence-corrected chi connectivity index (χ0v) is 13.0. The number of hydrogen-bond donors (Lipinski definition) is 1. The summed E-state index contributed by atoms with van der Waals surface area (Å²) in [4.78, 5) is 16.7. The van der Waals surface area contributed by atoms with Crippen molar-refractivity contribution < 1.29 is 4.79 Å². The van der Waals surface area contributed by atoms with Crippen LogP contribution in [0.1, 0.15) is 52.9 Å². The number of hydrogen-bond acceptors (Lipinski definition) is 3. The number of nitrogens with zero attached hydrogens (tertiary/aromatic N) is 2. The average molecular weight is 269 g/mol. The highest BCUT2D eigenvalue weighted by Gasteiger charge is 2.33. The second kappa shape index (κ2) is 7.85. The molecule has 0 saturated carbocycles. The molecular formula is C15H31N3O. The Morgan fingerprint density at radius 1 is 1.16 bits per heavy atom. The summed E-state index contributed by atoms with van der Waals surface area (Å²) in [7, 11) is 0. The van der Waals surface area contributed by atoms with Crippen LogP contribution in [-0.2, 0) is 4.79 Å². The van der Waals surface area contributed by atoms with Gasteiger partial charge in [0.05, 0.1) is 6.54 Å². The molecule has 0 aromatic heterocycles. The second-order valence-electron chi connectivity index (χ2n) is 5.59. The van der Waals surface area contributed by atoms with Crippen LogP contribution in [0, 0.1) is 0 Å². The summed E-state index contributed by atoms with van der Waals surface area (Å²) in [6, 6.07) is 0. The Labute approximate surface area is 118 Å². The van der Waals surface area contributed by atoms with E-state index in [0.29, 0.717) is 13.1 Å². The summed E-state index contributed by atoms with van der Waals surface area (Å²) < 4.78 is 0. The van der Waals surface area contributed by atoms with Crippen molar-refractivity contribution in [2.75, 3.05) is 32.7 Å². The number of carbonyl (C=O) groups excluding carboxylic acids is 1. The molecule has 0 unspecified atom stereocenters. The number of carbonyl (C=O) groups is 1. The van der Waals surface area contributed by atoms with E-state index in [4.69, 9.17) is 5.73 Å². The lowest BCUT2D eigenvalue weighted by atomic mass is 9.90. The van der Waals surface area contributed by atoms with Gasteiger partial charge in [0.2, 0.25) is 5.91 Å². The number of likely N-dealkylation sites (N-methyl/N-ethyl adjacent to an activating group) is 1. The van der Waals surface area contributed by atoms with Gasteiger partial charge in [0.25, 0.3) is 0 Å². The highest BCUT2D eigenvalue weighted by Crippen LogP contribution is 2.23. The average Bonchev–Trinajstić information content (AvgIpc) is 2.49. The third kappa shape index (κ3) is 3.93. The first-order valence-electron chi connectivity index (χ1n) is 7.86. The number of likely N-dealkylation sites (tertiary alicyclic amines) is 1. The van der Waals surface area contributed by atoms with Gasteiger partial charge >= 0.3 is 0 Å². The van der Waals surface area contributed by atoms with Gasteiger partial charge in [-0.3, -0.25) is 9.69 Å². The van der Waals surface area contributed by atoms with Crippen molar-refractivity contribution in [2.45, 2.75) is 58.4 Å². The number of piperidine rings is 1. The maximum Gasteiger partial charge on any atom is 0.236 e. The highest BCUT2D eigenvalue weighted by atomic mass is 16.2. The van der Waals surface area contributed by atoms with Crippen molar-refractivity contribution in [2.24, 2.45) is 5.73 Å². The van der Waals surface area contributed by atoms with Gasteiger partial charge in [0.1, 0.15) is 0 Å². The minimum Gasteiger partial charge on any atom is -0.342 e. The van der Waals surface area contributed by atoms with Gasteiger partial charge in [-0.2, -0.15) is 0 Å². The van der Waals surface area contributed by atoms with Crippen molar-refractivity contribution in [1.29, 1.82) is 0 Å². The van der Waals surface area contributed by atoms with Crippen molar-refractivity contribution in [3.8, 4) is 0 Å². The molecule has 0 aliphatic carbocycles. The molecule has 112 valence electrons. The zero-order chi connectivity index (χ0) is 14.3. The van der Waals surface area contributed by atoms with Gasteiger partial charge in [-0.1, -0.05) is 20.8 Å². The Bertz CT molecular complexity index is 262. The molecule has 19 heavy (non-hydrogen) atoms. The minimum atomic E-state index is -0.0137. The predicted octanol–water partition coefficient (Wildman–Crippen LogP) is 1.84. The summed E-state index contributed by atoms with van der Waals surface area (Å²) in [6.07, 6.45) is 5.57. The van der Waals surface area contributed by atoms with Gasteiger partial charge < -0.3 is 10.6 Å². The Balaban J connectivity index is 2.66. The molecule has 0 aromatic carbocycles. The maximum atomic E-state index is 12.4. The molecule has 4 heteroatoms. The fourth-order valence-electron chi connectivity index (χ4n) is 3.14. The SMILES string of the molecule is CCN(CC(=O)N1CCCCC1)C(CC)(CC)CN. The lowest BCUT2D eigenvalue weighted by Gasteiger charge is -2.42. The van der Waals surface area contributed by atoms with E-state index in [1.54, 1.807) is 0 Å². The molecule has 0 aromatic rings. The quantitative estimate of drug-likeness (QED) is 0.767. The van der Waals surface area contributed by atoms with Crippen LogP contribution >= 0.6 is 0 Å². The molecule has 4 nitrogen and oxygen atoms in total. The van der Waals surface area contributed by atoms with Crippen molar-refractivity contribution in [3.63, 3.8) is 0 Å². The fraction of sp³-hybridized carbons (Fsp3) is 0.933. The molecule has 0 bridgehead atoms. The predicted molar refractivity (Wildman–Crippen MR) is 80.0 cm³/mol. The van der Waals surface area contributed by atoms with Crippen LogP contribution in [0.25, 0.3) is 0 Å². The lowest BCUT2D eigenvalue weighted by molar-refractivity contribution is -0.135. The molecule has 1 aliphatic heterocycles. The Kier molecular flexibility index (Phi) is 6.80. The van der Waals surface area contributed by atoms with Crippen LogP contribution in [0.5, 0.6) is 0 Å². The molecular weight excluding hydrogens is 238 g/mol. The Hall–Kier alpha value is -0.610. The Morgan fingerprint density at radius 2 is 1.74 bits per heavy atom. The summed E-state index contributed by atoms with van der Waals surface area (Å²) in [6.45, 7) is 10.4. The summed E-state index contributed by atoms with van der Waals surface area (Å²) in [5, 5.41) is 0. The largest absolute Gasteiger partial charge is 0.342 e. The lowest BCUT2D eigenvalue weighted by Crippen LogP contribution is -2.56. The molecule has 0 radical (unpaired) electrons. The standard InChI is InChI=1S/C15H31N3O/c1-4-15(5-2,13-16)18(6-3)12-14(19)17-10-8-7-9-11-17/h4-13,16H2,1-3H3. The molecule has 1 rings (SSSR count). The van der Waals surface area contributed by atoms with Crippen molar-refractivity contribution >= 4 is 5.91 Å². The first-order valence-corrected chi connectivity index (χ1v) is 7.86. The van der Waals surface area contributed by atoms with Crippen LogP contribution in [0.15, 0.2) is 0 Å². The molecule has 1 aliphatic rings. The molecule has 2 N–H and O–H groups in total. The number of nitrogens with two attached hydrogens (primary N) is 1. The maximum absolute atomic E-state index is 12.4. The second-order valence-corrected chi connectivity index (χ2v) is 5.59. The third-order valence-electron chi connectivity index (χ3n) is 4.78. The smallest absolute Gasteiger partial charge is 0.236 e. The third-order valence-corrected chi connectivity index (χ3v) is 4.78. The normalized spacial score (nSPS) is 17.0. The van der Waals surface area contributed by atoms with E-state index in [9.17, 15) is 4.79 Å². The van der Waals surface area contributed by atoms with Gasteiger partial charge in [0.15, 0.2) is 0 Å². The topological polar surface area (TPSA) is 49.6 Å².